The van der Waals surface area contributed by atoms with Gasteiger partial charge in [0.15, 0.2) is 0 Å². The van der Waals surface area contributed by atoms with E-state index in [1.54, 1.807) is 0 Å². The van der Waals surface area contributed by atoms with E-state index in [-0.39, 0.29) is 6.03 Å². The minimum atomic E-state index is 0.157. The summed E-state index contributed by atoms with van der Waals surface area (Å²) in [6, 6.07) is 0.788. The van der Waals surface area contributed by atoms with Crippen LogP contribution in [0, 0.1) is 5.92 Å². The molecule has 2 rings (SSSR count). The van der Waals surface area contributed by atoms with Crippen molar-refractivity contribution in [1.29, 1.82) is 0 Å². The maximum absolute atomic E-state index is 12.1. The Balaban J connectivity index is 1.69. The summed E-state index contributed by atoms with van der Waals surface area (Å²) in [7, 11) is 0. The molecule has 2 amide bonds. The highest BCUT2D eigenvalue weighted by molar-refractivity contribution is 5.74. The number of rotatable bonds is 3. The third kappa shape index (κ3) is 4.37. The average Bonchev–Trinajstić information content (AvgIpc) is 2.70. The molecule has 1 N–H and O–H groups in total. The maximum atomic E-state index is 12.1. The summed E-state index contributed by atoms with van der Waals surface area (Å²) in [6.07, 6.45) is 6.10. The first-order valence-electron chi connectivity index (χ1n) is 7.93. The van der Waals surface area contributed by atoms with E-state index in [0.717, 1.165) is 39.0 Å². The van der Waals surface area contributed by atoms with E-state index in [0.29, 0.717) is 12.0 Å². The monoisotopic (exact) mass is 267 g/mol. The minimum Gasteiger partial charge on any atom is -0.338 e. The second kappa shape index (κ2) is 7.13. The Labute approximate surface area is 117 Å². The minimum absolute atomic E-state index is 0.157. The van der Waals surface area contributed by atoms with Crippen molar-refractivity contribution in [3.63, 3.8) is 0 Å². The molecule has 0 aromatic heterocycles. The fraction of sp³-hybridized carbons (Fsp3) is 0.933. The van der Waals surface area contributed by atoms with Crippen LogP contribution in [0.2, 0.25) is 0 Å². The van der Waals surface area contributed by atoms with Gasteiger partial charge >= 0.3 is 6.03 Å². The number of carbonyl (C=O) groups is 1. The highest BCUT2D eigenvalue weighted by Gasteiger charge is 2.25. The summed E-state index contributed by atoms with van der Waals surface area (Å²) in [4.78, 5) is 16.6. The average molecular weight is 267 g/mol. The van der Waals surface area contributed by atoms with Crippen molar-refractivity contribution in [1.82, 2.24) is 15.1 Å². The third-order valence-electron chi connectivity index (χ3n) is 4.48. The van der Waals surface area contributed by atoms with Crippen molar-refractivity contribution in [3.8, 4) is 0 Å². The van der Waals surface area contributed by atoms with Crippen LogP contribution in [-0.4, -0.2) is 54.6 Å². The number of likely N-dealkylation sites (tertiary alicyclic amines) is 2. The Morgan fingerprint density at radius 3 is 2.42 bits per heavy atom. The fourth-order valence-electron chi connectivity index (χ4n) is 3.12. The summed E-state index contributed by atoms with van der Waals surface area (Å²) in [5.41, 5.74) is 0. The van der Waals surface area contributed by atoms with Gasteiger partial charge in [0.2, 0.25) is 0 Å². The molecule has 0 aromatic rings. The number of hydrogen-bond acceptors (Lipinski definition) is 2. The summed E-state index contributed by atoms with van der Waals surface area (Å²) in [6.45, 7) is 9.54. The van der Waals surface area contributed by atoms with Gasteiger partial charge in [-0.25, -0.2) is 4.79 Å². The predicted molar refractivity (Wildman–Crippen MR) is 78.3 cm³/mol. The van der Waals surface area contributed by atoms with E-state index in [1.165, 1.54) is 25.8 Å². The van der Waals surface area contributed by atoms with E-state index < -0.39 is 0 Å². The van der Waals surface area contributed by atoms with Crippen LogP contribution in [0.4, 0.5) is 4.79 Å². The molecule has 0 saturated carbocycles. The molecule has 2 aliphatic rings. The molecule has 1 unspecified atom stereocenters. The standard InChI is InChI=1S/C15H29N3O/c1-13(2)18-10-7-14(12-18)11-16-15(19)17-8-5-3-4-6-9-17/h13-14H,3-12H2,1-2H3,(H,16,19). The van der Waals surface area contributed by atoms with Crippen LogP contribution in [0.15, 0.2) is 0 Å². The fourth-order valence-corrected chi connectivity index (χ4v) is 3.12. The van der Waals surface area contributed by atoms with E-state index >= 15 is 0 Å². The molecule has 2 fully saturated rings. The van der Waals surface area contributed by atoms with Gasteiger partial charge < -0.3 is 15.1 Å². The molecular formula is C15H29N3O. The molecule has 4 heteroatoms. The quantitative estimate of drug-likeness (QED) is 0.851. The smallest absolute Gasteiger partial charge is 0.317 e. The molecule has 2 aliphatic heterocycles. The van der Waals surface area contributed by atoms with Gasteiger partial charge in [-0.05, 0) is 45.6 Å². The molecule has 19 heavy (non-hydrogen) atoms. The van der Waals surface area contributed by atoms with Gasteiger partial charge in [-0.15, -0.1) is 0 Å². The molecule has 0 radical (unpaired) electrons. The van der Waals surface area contributed by atoms with Crippen LogP contribution in [0.1, 0.15) is 46.0 Å². The van der Waals surface area contributed by atoms with E-state index in [2.05, 4.69) is 24.1 Å². The predicted octanol–water partition coefficient (Wildman–Crippen LogP) is 2.30. The first kappa shape index (κ1) is 14.6. The van der Waals surface area contributed by atoms with Gasteiger partial charge in [0.1, 0.15) is 0 Å². The first-order valence-corrected chi connectivity index (χ1v) is 7.93. The van der Waals surface area contributed by atoms with Gasteiger partial charge in [-0.3, -0.25) is 0 Å². The Morgan fingerprint density at radius 1 is 1.16 bits per heavy atom. The van der Waals surface area contributed by atoms with Crippen molar-refractivity contribution in [2.75, 3.05) is 32.7 Å². The zero-order valence-corrected chi connectivity index (χ0v) is 12.5. The Hall–Kier alpha value is -0.770. The molecule has 1 atom stereocenters. The lowest BCUT2D eigenvalue weighted by molar-refractivity contribution is 0.197. The third-order valence-corrected chi connectivity index (χ3v) is 4.48. The molecule has 2 heterocycles. The Bertz CT molecular complexity index is 285. The molecule has 4 nitrogen and oxygen atoms in total. The van der Waals surface area contributed by atoms with Crippen LogP contribution < -0.4 is 5.32 Å². The SMILES string of the molecule is CC(C)N1CCC(CNC(=O)N2CCCCCC2)C1. The Kier molecular flexibility index (Phi) is 5.49. The lowest BCUT2D eigenvalue weighted by atomic mass is 10.1. The maximum Gasteiger partial charge on any atom is 0.317 e. The number of hydrogen-bond donors (Lipinski definition) is 1. The van der Waals surface area contributed by atoms with Crippen LogP contribution in [0.5, 0.6) is 0 Å². The molecular weight excluding hydrogens is 238 g/mol. The molecule has 110 valence electrons. The number of nitrogens with one attached hydrogen (secondary N) is 1. The number of carbonyl (C=O) groups excluding carboxylic acids is 1. The summed E-state index contributed by atoms with van der Waals surface area (Å²) < 4.78 is 0. The summed E-state index contributed by atoms with van der Waals surface area (Å²) in [5.74, 6) is 0.637. The van der Waals surface area contributed by atoms with Gasteiger partial charge in [0.25, 0.3) is 0 Å². The van der Waals surface area contributed by atoms with Crippen molar-refractivity contribution in [3.05, 3.63) is 0 Å². The Morgan fingerprint density at radius 2 is 1.84 bits per heavy atom. The van der Waals surface area contributed by atoms with Gasteiger partial charge in [-0.2, -0.15) is 0 Å². The van der Waals surface area contributed by atoms with Crippen LogP contribution in [0.25, 0.3) is 0 Å². The zero-order valence-electron chi connectivity index (χ0n) is 12.5. The van der Waals surface area contributed by atoms with Crippen molar-refractivity contribution < 1.29 is 4.79 Å². The van der Waals surface area contributed by atoms with Crippen molar-refractivity contribution >= 4 is 6.03 Å². The van der Waals surface area contributed by atoms with Crippen LogP contribution in [0.3, 0.4) is 0 Å². The lowest BCUT2D eigenvalue weighted by Gasteiger charge is -2.23. The second-order valence-corrected chi connectivity index (χ2v) is 6.33. The van der Waals surface area contributed by atoms with E-state index in [1.807, 2.05) is 4.90 Å². The highest BCUT2D eigenvalue weighted by Crippen LogP contribution is 2.17. The van der Waals surface area contributed by atoms with Crippen molar-refractivity contribution in [2.45, 2.75) is 52.0 Å². The van der Waals surface area contributed by atoms with Gasteiger partial charge in [0.05, 0.1) is 0 Å². The van der Waals surface area contributed by atoms with Crippen LogP contribution >= 0.6 is 0 Å². The normalized spacial score (nSPS) is 25.6. The number of urea groups is 1. The van der Waals surface area contributed by atoms with E-state index in [9.17, 15) is 4.79 Å². The number of amides is 2. The highest BCUT2D eigenvalue weighted by atomic mass is 16.2. The topological polar surface area (TPSA) is 35.6 Å². The zero-order chi connectivity index (χ0) is 13.7. The van der Waals surface area contributed by atoms with E-state index in [4.69, 9.17) is 0 Å². The largest absolute Gasteiger partial charge is 0.338 e. The molecule has 0 aromatic carbocycles. The van der Waals surface area contributed by atoms with Gasteiger partial charge in [0, 0.05) is 32.2 Å². The van der Waals surface area contributed by atoms with Gasteiger partial charge in [-0.1, -0.05) is 12.8 Å². The summed E-state index contributed by atoms with van der Waals surface area (Å²) >= 11 is 0. The number of nitrogens with zero attached hydrogens (tertiary/aromatic N) is 2. The molecule has 0 bridgehead atoms. The lowest BCUT2D eigenvalue weighted by Crippen LogP contribution is -2.42. The second-order valence-electron chi connectivity index (χ2n) is 6.33. The molecule has 2 saturated heterocycles. The summed E-state index contributed by atoms with van der Waals surface area (Å²) in [5, 5.41) is 3.14. The van der Waals surface area contributed by atoms with Crippen LogP contribution in [-0.2, 0) is 0 Å². The van der Waals surface area contributed by atoms with Crippen molar-refractivity contribution in [2.24, 2.45) is 5.92 Å². The first-order chi connectivity index (χ1) is 9.16. The molecule has 0 aliphatic carbocycles. The molecule has 0 spiro atoms.